The summed E-state index contributed by atoms with van der Waals surface area (Å²) in [5, 5.41) is 2.51. The number of likely N-dealkylation sites (tertiary alicyclic amines) is 1. The first-order valence-corrected chi connectivity index (χ1v) is 11.3. The van der Waals surface area contributed by atoms with E-state index in [4.69, 9.17) is 4.74 Å². The summed E-state index contributed by atoms with van der Waals surface area (Å²) < 4.78 is 7.68. The van der Waals surface area contributed by atoms with Crippen molar-refractivity contribution in [3.05, 3.63) is 70.6 Å². The third kappa shape index (κ3) is 3.10. The summed E-state index contributed by atoms with van der Waals surface area (Å²) in [6.07, 6.45) is 3.47. The lowest BCUT2D eigenvalue weighted by atomic mass is 9.79. The average molecular weight is 401 g/mol. The fraction of sp³-hybridized carbons (Fsp3) is 0.423. The zero-order valence-corrected chi connectivity index (χ0v) is 17.3. The summed E-state index contributed by atoms with van der Waals surface area (Å²) in [4.78, 5) is 15.5. The van der Waals surface area contributed by atoms with Crippen molar-refractivity contribution < 1.29 is 4.74 Å². The number of nitrogens with zero attached hydrogens (tertiary/aromatic N) is 2. The van der Waals surface area contributed by atoms with Crippen LogP contribution in [-0.2, 0) is 11.3 Å². The first-order chi connectivity index (χ1) is 14.8. The first kappa shape index (κ1) is 18.3. The Bertz CT molecular complexity index is 1150. The van der Waals surface area contributed by atoms with Gasteiger partial charge in [-0.1, -0.05) is 36.4 Å². The molecule has 2 atom stereocenters. The monoisotopic (exact) mass is 400 g/mol. The molecule has 3 aliphatic heterocycles. The number of rotatable bonds is 2. The van der Waals surface area contributed by atoms with Crippen LogP contribution in [-0.4, -0.2) is 41.8 Å². The van der Waals surface area contributed by atoms with Crippen molar-refractivity contribution in [3.8, 4) is 11.1 Å². The minimum atomic E-state index is 0.156. The van der Waals surface area contributed by atoms with Crippen LogP contribution >= 0.6 is 0 Å². The molecule has 0 saturated carbocycles. The molecule has 4 heterocycles. The number of benzene rings is 2. The van der Waals surface area contributed by atoms with Crippen LogP contribution in [0.4, 0.5) is 0 Å². The highest BCUT2D eigenvalue weighted by molar-refractivity contribution is 5.87. The van der Waals surface area contributed by atoms with Gasteiger partial charge in [0.05, 0.1) is 0 Å². The molecular formula is C26H28N2O2. The maximum Gasteiger partial charge on any atom is 0.250 e. The predicted molar refractivity (Wildman–Crippen MR) is 120 cm³/mol. The van der Waals surface area contributed by atoms with Gasteiger partial charge in [-0.25, -0.2) is 0 Å². The Labute approximate surface area is 177 Å². The summed E-state index contributed by atoms with van der Waals surface area (Å²) in [5.74, 6) is 0.999. The van der Waals surface area contributed by atoms with Crippen LogP contribution in [0.1, 0.15) is 30.9 Å². The van der Waals surface area contributed by atoms with Gasteiger partial charge in [0.1, 0.15) is 0 Å². The summed E-state index contributed by atoms with van der Waals surface area (Å²) in [7, 11) is 0. The molecule has 0 N–H and O–H groups in total. The molecule has 2 aromatic carbocycles. The fourth-order valence-electron chi connectivity index (χ4n) is 6.00. The Hall–Kier alpha value is -2.43. The van der Waals surface area contributed by atoms with Gasteiger partial charge in [-0.2, -0.15) is 0 Å². The highest BCUT2D eigenvalue weighted by Gasteiger charge is 2.38. The Morgan fingerprint density at radius 1 is 0.867 bits per heavy atom. The van der Waals surface area contributed by atoms with Crippen LogP contribution in [0.2, 0.25) is 0 Å². The standard InChI is InChI=1S/C26H28N2O2/c29-25-8-7-24(21-6-5-19-3-1-2-4-20(19)14-21)26-22-13-18(16-28(25)26)15-27(17-22)23-9-11-30-12-10-23/h1-8,14,18,22-23H,9-13,15-17H2/t18-,22+/m0/s1. The van der Waals surface area contributed by atoms with Crippen molar-refractivity contribution in [1.82, 2.24) is 9.47 Å². The quantitative estimate of drug-likeness (QED) is 0.644. The highest BCUT2D eigenvalue weighted by atomic mass is 16.5. The smallest absolute Gasteiger partial charge is 0.250 e. The molecule has 154 valence electrons. The topological polar surface area (TPSA) is 34.5 Å². The molecule has 2 bridgehead atoms. The average Bonchev–Trinajstić information content (AvgIpc) is 2.80. The van der Waals surface area contributed by atoms with E-state index < -0.39 is 0 Å². The van der Waals surface area contributed by atoms with Crippen LogP contribution in [0.15, 0.2) is 59.4 Å². The van der Waals surface area contributed by atoms with E-state index in [0.717, 1.165) is 45.7 Å². The third-order valence-electron chi connectivity index (χ3n) is 7.39. The first-order valence-electron chi connectivity index (χ1n) is 11.3. The second-order valence-electron chi connectivity index (χ2n) is 9.24. The Balaban J connectivity index is 1.42. The normalized spacial score (nSPS) is 24.7. The Morgan fingerprint density at radius 3 is 2.57 bits per heavy atom. The van der Waals surface area contributed by atoms with E-state index in [1.54, 1.807) is 6.07 Å². The van der Waals surface area contributed by atoms with E-state index in [9.17, 15) is 4.79 Å². The number of hydrogen-bond acceptors (Lipinski definition) is 3. The van der Waals surface area contributed by atoms with Crippen molar-refractivity contribution >= 4 is 10.8 Å². The van der Waals surface area contributed by atoms with E-state index in [1.807, 2.05) is 0 Å². The number of hydrogen-bond donors (Lipinski definition) is 0. The maximum absolute atomic E-state index is 12.8. The van der Waals surface area contributed by atoms with Gasteiger partial charge in [-0.15, -0.1) is 0 Å². The molecule has 2 fully saturated rings. The lowest BCUT2D eigenvalue weighted by Crippen LogP contribution is -2.51. The van der Waals surface area contributed by atoms with Crippen LogP contribution in [0, 0.1) is 5.92 Å². The molecule has 0 radical (unpaired) electrons. The van der Waals surface area contributed by atoms with Crippen molar-refractivity contribution in [3.63, 3.8) is 0 Å². The summed E-state index contributed by atoms with van der Waals surface area (Å²) >= 11 is 0. The molecule has 4 nitrogen and oxygen atoms in total. The molecule has 6 rings (SSSR count). The number of ether oxygens (including phenoxy) is 1. The lowest BCUT2D eigenvalue weighted by molar-refractivity contribution is 0.00597. The highest BCUT2D eigenvalue weighted by Crippen LogP contribution is 2.41. The van der Waals surface area contributed by atoms with E-state index in [-0.39, 0.29) is 5.56 Å². The minimum Gasteiger partial charge on any atom is -0.381 e. The van der Waals surface area contributed by atoms with Crippen LogP contribution in [0.3, 0.4) is 0 Å². The van der Waals surface area contributed by atoms with Crippen molar-refractivity contribution in [2.24, 2.45) is 5.92 Å². The summed E-state index contributed by atoms with van der Waals surface area (Å²) in [6.45, 7) is 4.80. The minimum absolute atomic E-state index is 0.156. The number of aromatic nitrogens is 1. The van der Waals surface area contributed by atoms with Gasteiger partial charge in [-0.3, -0.25) is 9.69 Å². The zero-order valence-electron chi connectivity index (χ0n) is 17.3. The second kappa shape index (κ2) is 7.36. The molecule has 30 heavy (non-hydrogen) atoms. The van der Waals surface area contributed by atoms with Crippen LogP contribution < -0.4 is 5.56 Å². The van der Waals surface area contributed by atoms with E-state index in [0.29, 0.717) is 17.9 Å². The van der Waals surface area contributed by atoms with Gasteiger partial charge in [0.2, 0.25) is 0 Å². The molecule has 0 unspecified atom stereocenters. The largest absolute Gasteiger partial charge is 0.381 e. The van der Waals surface area contributed by atoms with Gasteiger partial charge in [0.15, 0.2) is 0 Å². The Kier molecular flexibility index (Phi) is 4.50. The molecule has 0 spiro atoms. The van der Waals surface area contributed by atoms with Gasteiger partial charge in [-0.05, 0) is 53.6 Å². The van der Waals surface area contributed by atoms with Crippen molar-refractivity contribution in [2.45, 2.75) is 37.8 Å². The van der Waals surface area contributed by atoms with Gasteiger partial charge in [0.25, 0.3) is 5.56 Å². The number of fused-ring (bicyclic) bond motifs is 5. The second-order valence-corrected chi connectivity index (χ2v) is 9.24. The molecule has 0 aliphatic carbocycles. The molecule has 0 amide bonds. The van der Waals surface area contributed by atoms with E-state index in [1.165, 1.54) is 34.0 Å². The third-order valence-corrected chi connectivity index (χ3v) is 7.39. The van der Waals surface area contributed by atoms with Gasteiger partial charge >= 0.3 is 0 Å². The maximum atomic E-state index is 12.8. The Morgan fingerprint density at radius 2 is 1.70 bits per heavy atom. The number of piperidine rings is 1. The summed E-state index contributed by atoms with van der Waals surface area (Å²) in [6, 6.07) is 19.7. The fourth-order valence-corrected chi connectivity index (χ4v) is 6.00. The molecule has 3 aliphatic rings. The van der Waals surface area contributed by atoms with Gasteiger partial charge < -0.3 is 9.30 Å². The molecule has 4 heteroatoms. The lowest BCUT2D eigenvalue weighted by Gasteiger charge is -2.47. The summed E-state index contributed by atoms with van der Waals surface area (Å²) in [5.41, 5.74) is 3.87. The van der Waals surface area contributed by atoms with Gasteiger partial charge in [0, 0.05) is 62.1 Å². The van der Waals surface area contributed by atoms with E-state index >= 15 is 0 Å². The van der Waals surface area contributed by atoms with Crippen LogP contribution in [0.5, 0.6) is 0 Å². The molecule has 1 aromatic heterocycles. The predicted octanol–water partition coefficient (Wildman–Crippen LogP) is 4.27. The van der Waals surface area contributed by atoms with Crippen LogP contribution in [0.25, 0.3) is 21.9 Å². The SMILES string of the molecule is O=c1ccc(-c2ccc3ccccc3c2)c2n1C[C@H]1C[C@@H]2CN(C2CCOCC2)C1. The van der Waals surface area contributed by atoms with E-state index in [2.05, 4.69) is 58.0 Å². The molecule has 3 aromatic rings. The number of pyridine rings is 1. The molecular weight excluding hydrogens is 372 g/mol. The zero-order chi connectivity index (χ0) is 20.1. The van der Waals surface area contributed by atoms with Crippen molar-refractivity contribution in [2.75, 3.05) is 26.3 Å². The van der Waals surface area contributed by atoms with Crippen molar-refractivity contribution in [1.29, 1.82) is 0 Å². The molecule has 2 saturated heterocycles.